The molecule has 0 fully saturated rings. The first-order valence-corrected chi connectivity index (χ1v) is 6.21. The number of carbonyl (C=O) groups excluding carboxylic acids is 1. The molecule has 20 heavy (non-hydrogen) atoms. The van der Waals surface area contributed by atoms with Crippen molar-refractivity contribution in [1.29, 1.82) is 5.26 Å². The number of halogens is 2. The van der Waals surface area contributed by atoms with E-state index in [1.54, 1.807) is 30.3 Å². The lowest BCUT2D eigenvalue weighted by Gasteiger charge is -2.07. The number of benzene rings is 2. The summed E-state index contributed by atoms with van der Waals surface area (Å²) in [4.78, 5) is 11.8. The molecule has 0 radical (unpaired) electrons. The highest BCUT2D eigenvalue weighted by Crippen LogP contribution is 2.22. The number of hydrogen-bond acceptors (Lipinski definition) is 2. The second-order valence-electron chi connectivity index (χ2n) is 4.14. The van der Waals surface area contributed by atoms with E-state index in [4.69, 9.17) is 16.9 Å². The van der Waals surface area contributed by atoms with Gasteiger partial charge in [0.05, 0.1) is 28.8 Å². The van der Waals surface area contributed by atoms with Crippen LogP contribution in [0.15, 0.2) is 42.5 Å². The summed E-state index contributed by atoms with van der Waals surface area (Å²) in [6, 6.07) is 13.0. The number of nitrogens with one attached hydrogen (secondary N) is 1. The van der Waals surface area contributed by atoms with E-state index in [1.165, 1.54) is 12.1 Å². The number of carbonyl (C=O) groups is 1. The highest BCUT2D eigenvalue weighted by Gasteiger charge is 2.10. The Kier molecular flexibility index (Phi) is 4.34. The van der Waals surface area contributed by atoms with Gasteiger partial charge in [-0.3, -0.25) is 4.79 Å². The molecule has 2 aromatic rings. The lowest BCUT2D eigenvalue weighted by Crippen LogP contribution is -2.15. The number of anilines is 1. The van der Waals surface area contributed by atoms with E-state index in [2.05, 4.69) is 5.32 Å². The van der Waals surface area contributed by atoms with Gasteiger partial charge in [-0.2, -0.15) is 5.26 Å². The van der Waals surface area contributed by atoms with E-state index < -0.39 is 5.82 Å². The lowest BCUT2D eigenvalue weighted by atomic mass is 10.1. The highest BCUT2D eigenvalue weighted by molar-refractivity contribution is 6.31. The molecule has 0 aliphatic heterocycles. The zero-order chi connectivity index (χ0) is 14.5. The molecular weight excluding hydrogens is 279 g/mol. The molecule has 0 aliphatic carbocycles. The van der Waals surface area contributed by atoms with Crippen molar-refractivity contribution < 1.29 is 9.18 Å². The van der Waals surface area contributed by atoms with Gasteiger partial charge in [-0.1, -0.05) is 29.8 Å². The van der Waals surface area contributed by atoms with Gasteiger partial charge in [-0.05, 0) is 29.8 Å². The molecule has 0 atom stereocenters. The fourth-order valence-corrected chi connectivity index (χ4v) is 1.85. The SMILES string of the molecule is N#Cc1ccc(CC(=O)Nc2cccc(Cl)c2F)cc1. The zero-order valence-corrected chi connectivity index (χ0v) is 11.1. The molecule has 0 unspecified atom stereocenters. The first-order chi connectivity index (χ1) is 9.60. The average molecular weight is 289 g/mol. The third kappa shape index (κ3) is 3.34. The Morgan fingerprint density at radius 1 is 1.25 bits per heavy atom. The minimum Gasteiger partial charge on any atom is -0.323 e. The van der Waals surface area contributed by atoms with Crippen molar-refractivity contribution in [1.82, 2.24) is 0 Å². The lowest BCUT2D eigenvalue weighted by molar-refractivity contribution is -0.115. The van der Waals surface area contributed by atoms with Crippen molar-refractivity contribution in [3.05, 3.63) is 64.4 Å². The van der Waals surface area contributed by atoms with E-state index in [-0.39, 0.29) is 23.0 Å². The van der Waals surface area contributed by atoms with Crippen LogP contribution in [0, 0.1) is 17.1 Å². The Morgan fingerprint density at radius 3 is 2.60 bits per heavy atom. The second-order valence-corrected chi connectivity index (χ2v) is 4.54. The maximum absolute atomic E-state index is 13.6. The van der Waals surface area contributed by atoms with Crippen LogP contribution >= 0.6 is 11.6 Å². The fourth-order valence-electron chi connectivity index (χ4n) is 1.68. The maximum atomic E-state index is 13.6. The predicted molar refractivity (Wildman–Crippen MR) is 74.9 cm³/mol. The van der Waals surface area contributed by atoms with E-state index in [9.17, 15) is 9.18 Å². The van der Waals surface area contributed by atoms with Gasteiger partial charge in [0.1, 0.15) is 0 Å². The Labute approximate surface area is 120 Å². The molecule has 0 bridgehead atoms. The van der Waals surface area contributed by atoms with Crippen LogP contribution in [-0.2, 0) is 11.2 Å². The van der Waals surface area contributed by atoms with Crippen molar-refractivity contribution in [2.75, 3.05) is 5.32 Å². The topological polar surface area (TPSA) is 52.9 Å². The van der Waals surface area contributed by atoms with Crippen molar-refractivity contribution in [3.63, 3.8) is 0 Å². The minimum atomic E-state index is -0.651. The van der Waals surface area contributed by atoms with Crippen LogP contribution in [0.2, 0.25) is 5.02 Å². The van der Waals surface area contributed by atoms with Crippen molar-refractivity contribution >= 4 is 23.2 Å². The number of nitrogens with zero attached hydrogens (tertiary/aromatic N) is 1. The first kappa shape index (κ1) is 14.0. The molecule has 5 heteroatoms. The average Bonchev–Trinajstić information content (AvgIpc) is 2.45. The van der Waals surface area contributed by atoms with E-state index in [0.29, 0.717) is 5.56 Å². The molecule has 1 amide bonds. The monoisotopic (exact) mass is 288 g/mol. The van der Waals surface area contributed by atoms with Crippen LogP contribution in [0.4, 0.5) is 10.1 Å². The van der Waals surface area contributed by atoms with E-state index in [0.717, 1.165) is 5.56 Å². The van der Waals surface area contributed by atoms with Gasteiger partial charge in [-0.15, -0.1) is 0 Å². The number of rotatable bonds is 3. The summed E-state index contributed by atoms with van der Waals surface area (Å²) >= 11 is 5.63. The molecule has 2 aromatic carbocycles. The zero-order valence-electron chi connectivity index (χ0n) is 10.4. The fraction of sp³-hybridized carbons (Fsp3) is 0.0667. The van der Waals surface area contributed by atoms with Gasteiger partial charge in [0, 0.05) is 0 Å². The third-order valence-electron chi connectivity index (χ3n) is 2.67. The summed E-state index contributed by atoms with van der Waals surface area (Å²) in [7, 11) is 0. The molecule has 0 saturated heterocycles. The predicted octanol–water partition coefficient (Wildman–Crippen LogP) is 3.53. The van der Waals surface area contributed by atoms with Crippen LogP contribution in [-0.4, -0.2) is 5.91 Å². The van der Waals surface area contributed by atoms with E-state index in [1.807, 2.05) is 6.07 Å². The standard InChI is InChI=1S/C15H10ClFN2O/c16-12-2-1-3-13(15(12)17)19-14(20)8-10-4-6-11(9-18)7-5-10/h1-7H,8H2,(H,19,20). The molecule has 2 rings (SSSR count). The quantitative estimate of drug-likeness (QED) is 0.939. The molecule has 0 spiro atoms. The van der Waals surface area contributed by atoms with Gasteiger partial charge >= 0.3 is 0 Å². The van der Waals surface area contributed by atoms with Gasteiger partial charge in [0.2, 0.25) is 5.91 Å². The number of amides is 1. The molecule has 0 saturated carbocycles. The Bertz CT molecular complexity index is 677. The van der Waals surface area contributed by atoms with Gasteiger partial charge in [-0.25, -0.2) is 4.39 Å². The van der Waals surface area contributed by atoms with Crippen molar-refractivity contribution in [3.8, 4) is 6.07 Å². The summed E-state index contributed by atoms with van der Waals surface area (Å²) in [5.74, 6) is -1.00. The summed E-state index contributed by atoms with van der Waals surface area (Å²) in [5.41, 5.74) is 1.31. The first-order valence-electron chi connectivity index (χ1n) is 5.83. The van der Waals surface area contributed by atoms with Gasteiger partial charge in [0.15, 0.2) is 5.82 Å². The summed E-state index contributed by atoms with van der Waals surface area (Å²) in [6.07, 6.45) is 0.0949. The highest BCUT2D eigenvalue weighted by atomic mass is 35.5. The van der Waals surface area contributed by atoms with Gasteiger partial charge in [0.25, 0.3) is 0 Å². The molecule has 3 nitrogen and oxygen atoms in total. The van der Waals surface area contributed by atoms with Crippen LogP contribution in [0.1, 0.15) is 11.1 Å². The van der Waals surface area contributed by atoms with E-state index >= 15 is 0 Å². The Balaban J connectivity index is 2.05. The second kappa shape index (κ2) is 6.18. The smallest absolute Gasteiger partial charge is 0.228 e. The molecular formula is C15H10ClFN2O. The number of nitriles is 1. The maximum Gasteiger partial charge on any atom is 0.228 e. The molecule has 0 heterocycles. The molecule has 0 aliphatic rings. The summed E-state index contributed by atoms with van der Waals surface area (Å²) < 4.78 is 13.6. The number of hydrogen-bond donors (Lipinski definition) is 1. The third-order valence-corrected chi connectivity index (χ3v) is 2.97. The normalized spacial score (nSPS) is 9.85. The summed E-state index contributed by atoms with van der Waals surface area (Å²) in [6.45, 7) is 0. The van der Waals surface area contributed by atoms with Crippen LogP contribution in [0.25, 0.3) is 0 Å². The molecule has 100 valence electrons. The Morgan fingerprint density at radius 2 is 1.95 bits per heavy atom. The Hall–Kier alpha value is -2.38. The largest absolute Gasteiger partial charge is 0.323 e. The van der Waals surface area contributed by atoms with Crippen molar-refractivity contribution in [2.24, 2.45) is 0 Å². The van der Waals surface area contributed by atoms with Crippen LogP contribution in [0.5, 0.6) is 0 Å². The van der Waals surface area contributed by atoms with Crippen molar-refractivity contribution in [2.45, 2.75) is 6.42 Å². The van der Waals surface area contributed by atoms with Crippen LogP contribution in [0.3, 0.4) is 0 Å². The van der Waals surface area contributed by atoms with Crippen LogP contribution < -0.4 is 5.32 Å². The molecule has 0 aromatic heterocycles. The molecule has 1 N–H and O–H groups in total. The van der Waals surface area contributed by atoms with Gasteiger partial charge < -0.3 is 5.32 Å². The summed E-state index contributed by atoms with van der Waals surface area (Å²) in [5, 5.41) is 11.1. The minimum absolute atomic E-state index is 0.0406.